The lowest BCUT2D eigenvalue weighted by Gasteiger charge is -2.46. The predicted octanol–water partition coefficient (Wildman–Crippen LogP) is 8.89. The summed E-state index contributed by atoms with van der Waals surface area (Å²) in [4.78, 5) is 13.2. The van der Waals surface area contributed by atoms with E-state index in [1.54, 1.807) is 0 Å². The first-order chi connectivity index (χ1) is 34.1. The fourth-order valence-electron chi connectivity index (χ4n) is 9.50. The summed E-state index contributed by atoms with van der Waals surface area (Å²) < 4.78 is 22.8. The number of aliphatic hydroxyl groups excluding tert-OH is 8. The summed E-state index contributed by atoms with van der Waals surface area (Å²) in [6.45, 7) is 2.84. The van der Waals surface area contributed by atoms with Crippen LogP contribution in [0.2, 0.25) is 0 Å². The van der Waals surface area contributed by atoms with Gasteiger partial charge in [-0.25, -0.2) is 0 Å². The van der Waals surface area contributed by atoms with Crippen molar-refractivity contribution in [2.24, 2.45) is 0 Å². The lowest BCUT2D eigenvalue weighted by molar-refractivity contribution is -0.359. The summed E-state index contributed by atoms with van der Waals surface area (Å²) in [6, 6.07) is -0.834. The summed E-state index contributed by atoms with van der Waals surface area (Å²) in [7, 11) is 0. The number of rotatable bonds is 45. The number of allylic oxidation sites excluding steroid dienone is 4. The van der Waals surface area contributed by atoms with Crippen molar-refractivity contribution in [1.29, 1.82) is 0 Å². The van der Waals surface area contributed by atoms with Crippen molar-refractivity contribution in [1.82, 2.24) is 5.32 Å². The Balaban J connectivity index is 1.77. The molecule has 0 radical (unpaired) electrons. The molecule has 1 amide bonds. The molecule has 0 saturated carbocycles. The Hall–Kier alpha value is -1.53. The molecular formula is C56H105NO13. The van der Waals surface area contributed by atoms with Gasteiger partial charge in [0.15, 0.2) is 12.6 Å². The number of unbranched alkanes of at least 4 members (excludes halogenated alkanes) is 28. The van der Waals surface area contributed by atoms with Crippen molar-refractivity contribution in [3.8, 4) is 0 Å². The lowest BCUT2D eigenvalue weighted by Crippen LogP contribution is -2.65. The van der Waals surface area contributed by atoms with Crippen LogP contribution in [-0.4, -0.2) is 140 Å². The molecule has 14 heteroatoms. The van der Waals surface area contributed by atoms with Crippen LogP contribution in [0, 0.1) is 0 Å². The van der Waals surface area contributed by atoms with Crippen molar-refractivity contribution < 1.29 is 64.6 Å². The molecule has 70 heavy (non-hydrogen) atoms. The van der Waals surface area contributed by atoms with Gasteiger partial charge in [0.1, 0.15) is 48.8 Å². The van der Waals surface area contributed by atoms with Crippen LogP contribution in [0.15, 0.2) is 24.3 Å². The van der Waals surface area contributed by atoms with Gasteiger partial charge in [-0.15, -0.1) is 0 Å². The predicted molar refractivity (Wildman–Crippen MR) is 277 cm³/mol. The van der Waals surface area contributed by atoms with Gasteiger partial charge in [-0.1, -0.05) is 205 Å². The van der Waals surface area contributed by atoms with Gasteiger partial charge in [-0.05, 0) is 44.9 Å². The van der Waals surface area contributed by atoms with Gasteiger partial charge in [0.05, 0.1) is 32.0 Å². The SMILES string of the molecule is CCCCC/C=C\C/C=C\CCCCCCCC(=O)NC(COC1OC(CO)C(OC2OC(CO)C(O)C(O)C2O)C(O)C1O)C(O)CCCCCCCCCCCCCCCCCCCCCCC. The molecule has 0 aromatic carbocycles. The van der Waals surface area contributed by atoms with Gasteiger partial charge in [-0.2, -0.15) is 0 Å². The van der Waals surface area contributed by atoms with Crippen LogP contribution in [0.3, 0.4) is 0 Å². The van der Waals surface area contributed by atoms with E-state index in [2.05, 4.69) is 43.5 Å². The molecule has 12 unspecified atom stereocenters. The summed E-state index contributed by atoms with van der Waals surface area (Å²) in [5.74, 6) is -0.219. The second-order valence-corrected chi connectivity index (χ2v) is 20.4. The molecule has 2 rings (SSSR count). The van der Waals surface area contributed by atoms with Crippen molar-refractivity contribution in [3.63, 3.8) is 0 Å². The standard InChI is InChI=1S/C56H105NO13/c1-3-5-7-9-11-13-15-17-19-20-21-22-23-24-26-27-29-31-33-35-37-39-45(60)44(57-48(61)40-38-36-34-32-30-28-25-18-16-14-12-10-8-6-4-2)43-67-55-53(66)51(64)54(47(42-59)69-55)70-56-52(65)50(63)49(62)46(41-58)68-56/h12,14,18,25,44-47,49-56,58-60,62-66H,3-11,13,15-17,19-24,26-43H2,1-2H3,(H,57,61)/b14-12-,25-18-. The van der Waals surface area contributed by atoms with Gasteiger partial charge in [0, 0.05) is 6.42 Å². The van der Waals surface area contributed by atoms with Crippen LogP contribution in [0.5, 0.6) is 0 Å². The molecule has 0 bridgehead atoms. The minimum absolute atomic E-state index is 0.219. The first-order valence-corrected chi connectivity index (χ1v) is 28.6. The number of aliphatic hydroxyl groups is 8. The molecule has 2 aliphatic heterocycles. The van der Waals surface area contributed by atoms with Crippen molar-refractivity contribution >= 4 is 5.91 Å². The van der Waals surface area contributed by atoms with E-state index < -0.39 is 86.8 Å². The lowest BCUT2D eigenvalue weighted by atomic mass is 9.97. The molecule has 412 valence electrons. The average molecular weight is 1000 g/mol. The molecule has 14 nitrogen and oxygen atoms in total. The van der Waals surface area contributed by atoms with E-state index in [1.807, 2.05) is 0 Å². The molecular weight excluding hydrogens is 895 g/mol. The second kappa shape index (κ2) is 42.8. The van der Waals surface area contributed by atoms with E-state index in [9.17, 15) is 45.6 Å². The highest BCUT2D eigenvalue weighted by molar-refractivity contribution is 5.76. The highest BCUT2D eigenvalue weighted by Gasteiger charge is 2.51. The van der Waals surface area contributed by atoms with Gasteiger partial charge in [-0.3, -0.25) is 4.79 Å². The average Bonchev–Trinajstić information content (AvgIpc) is 3.36. The molecule has 2 aliphatic rings. The first kappa shape index (κ1) is 64.6. The van der Waals surface area contributed by atoms with Crippen molar-refractivity contribution in [3.05, 3.63) is 24.3 Å². The van der Waals surface area contributed by atoms with E-state index >= 15 is 0 Å². The maximum atomic E-state index is 13.2. The largest absolute Gasteiger partial charge is 0.394 e. The number of nitrogens with one attached hydrogen (secondary N) is 1. The smallest absolute Gasteiger partial charge is 0.220 e. The van der Waals surface area contributed by atoms with Crippen LogP contribution >= 0.6 is 0 Å². The Morgan fingerprint density at radius 3 is 1.46 bits per heavy atom. The zero-order valence-corrected chi connectivity index (χ0v) is 44.0. The molecule has 0 aliphatic carbocycles. The van der Waals surface area contributed by atoms with Gasteiger partial charge >= 0.3 is 0 Å². The fourth-order valence-corrected chi connectivity index (χ4v) is 9.50. The Bertz CT molecular complexity index is 1270. The van der Waals surface area contributed by atoms with E-state index in [-0.39, 0.29) is 18.9 Å². The topological polar surface area (TPSA) is 228 Å². The first-order valence-electron chi connectivity index (χ1n) is 28.6. The zero-order valence-electron chi connectivity index (χ0n) is 44.0. The fraction of sp³-hybridized carbons (Fsp3) is 0.911. The van der Waals surface area contributed by atoms with Crippen LogP contribution in [-0.2, 0) is 23.7 Å². The minimum atomic E-state index is -1.78. The normalized spacial score (nSPS) is 26.1. The Kier molecular flexibility index (Phi) is 39.5. The Morgan fingerprint density at radius 2 is 0.943 bits per heavy atom. The molecule has 2 heterocycles. The number of hydrogen-bond acceptors (Lipinski definition) is 13. The number of ether oxygens (including phenoxy) is 4. The van der Waals surface area contributed by atoms with Gasteiger partial charge in [0.2, 0.25) is 5.91 Å². The Morgan fingerprint density at radius 1 is 0.514 bits per heavy atom. The third kappa shape index (κ3) is 28.8. The molecule has 0 spiro atoms. The Labute approximate surface area is 424 Å². The third-order valence-corrected chi connectivity index (χ3v) is 14.2. The second-order valence-electron chi connectivity index (χ2n) is 20.4. The highest BCUT2D eigenvalue weighted by Crippen LogP contribution is 2.30. The summed E-state index contributed by atoms with van der Waals surface area (Å²) >= 11 is 0. The summed E-state index contributed by atoms with van der Waals surface area (Å²) in [6.07, 6.45) is 31.7. The summed E-state index contributed by atoms with van der Waals surface area (Å²) in [5, 5.41) is 87.1. The van der Waals surface area contributed by atoms with Crippen molar-refractivity contribution in [2.75, 3.05) is 19.8 Å². The minimum Gasteiger partial charge on any atom is -0.394 e. The molecule has 12 atom stereocenters. The van der Waals surface area contributed by atoms with Crippen LogP contribution < -0.4 is 5.32 Å². The molecule has 2 saturated heterocycles. The third-order valence-electron chi connectivity index (χ3n) is 14.2. The quantitative estimate of drug-likeness (QED) is 0.0205. The number of hydrogen-bond donors (Lipinski definition) is 9. The number of carbonyl (C=O) groups is 1. The van der Waals surface area contributed by atoms with Gasteiger partial charge in [0.25, 0.3) is 0 Å². The van der Waals surface area contributed by atoms with Crippen LogP contribution in [0.1, 0.15) is 232 Å². The molecule has 2 fully saturated rings. The highest BCUT2D eigenvalue weighted by atomic mass is 16.7. The number of amides is 1. The summed E-state index contributed by atoms with van der Waals surface area (Å²) in [5.41, 5.74) is 0. The van der Waals surface area contributed by atoms with Crippen molar-refractivity contribution in [2.45, 2.75) is 306 Å². The van der Waals surface area contributed by atoms with Crippen LogP contribution in [0.25, 0.3) is 0 Å². The molecule has 9 N–H and O–H groups in total. The van der Waals surface area contributed by atoms with Crippen LogP contribution in [0.4, 0.5) is 0 Å². The number of carbonyl (C=O) groups excluding carboxylic acids is 1. The maximum Gasteiger partial charge on any atom is 0.220 e. The maximum absolute atomic E-state index is 13.2. The van der Waals surface area contributed by atoms with Gasteiger partial charge < -0.3 is 65.1 Å². The van der Waals surface area contributed by atoms with E-state index in [0.717, 1.165) is 70.6 Å². The van der Waals surface area contributed by atoms with E-state index in [4.69, 9.17) is 18.9 Å². The molecule has 0 aromatic rings. The molecule has 0 aromatic heterocycles. The van der Waals surface area contributed by atoms with E-state index in [1.165, 1.54) is 128 Å². The van der Waals surface area contributed by atoms with E-state index in [0.29, 0.717) is 12.8 Å². The monoisotopic (exact) mass is 1000 g/mol. The zero-order chi connectivity index (χ0) is 51.0.